The van der Waals surface area contributed by atoms with Crippen molar-refractivity contribution in [2.75, 3.05) is 55.7 Å². The van der Waals surface area contributed by atoms with E-state index < -0.39 is 125 Å². The van der Waals surface area contributed by atoms with Crippen LogP contribution in [-0.4, -0.2) is 179 Å². The number of rotatable bonds is 10. The molecule has 5 aromatic carbocycles. The SMILES string of the molecule is CO.CO.CO.COc1c2cc3cc1Oc1ccc(cc1C)C(O)C(NC(=O)C(CC(C)C)N(C)C)C(=O)NC(CC(N)=O)C(=O)NC3C(=O)NC1C(=O)NC(C(=O)NC(C(C)=O)c3cc(O)c(C)c(O)c3-c3cc1ccc3O)C(C)c1ccc(c(C)c1)O2.OCC1CCCCO1. The standard InChI is InChI=1S/C60H68N8O15.C6H12O2.3CH4O/c1-25(2)17-38(68(8)9)56(76)67-51-53(74)33-13-16-42(27(4)19-33)83-44-22-34-21-43(54(44)81-10)82-41-15-12-31(18-26(41)3)28(5)47-57(77)64-48(30(7)69)36-23-40(71)29(6)52(73)46(36)35-20-32(11-14-39(35)70)49(58(78)63-47)66-59(79)50(34)65-55(75)37(24-45(61)72)62-60(51)80;7-5-6-3-1-2-4-8-6;3*1-2/h11-16,18-23,25,28,37-38,47-51,53,70-71,73-74H,17,24H2,1-10H3,(H2,61,72)(H,62,80)(H,63,78)(H,64,77)(H,65,75)(H,66,79)(H,67,76);6-7H,1-5H2;3*2H,1H3. The molecule has 5 aromatic rings. The lowest BCUT2D eigenvalue weighted by atomic mass is 9.86. The third kappa shape index (κ3) is 18.8. The summed E-state index contributed by atoms with van der Waals surface area (Å²) in [6.45, 7) is 12.4. The number of aromatic hydroxyl groups is 3. The summed E-state index contributed by atoms with van der Waals surface area (Å²) in [5, 5.41) is 92.0. The number of phenols is 3. The highest BCUT2D eigenvalue weighted by Crippen LogP contribution is 2.48. The molecule has 16 N–H and O–H groups in total. The summed E-state index contributed by atoms with van der Waals surface area (Å²) in [4.78, 5) is 118. The quantitative estimate of drug-likeness (QED) is 0.0949. The number of aliphatic hydroxyl groups excluding tert-OH is 5. The van der Waals surface area contributed by atoms with Crippen LogP contribution in [0.25, 0.3) is 11.1 Å². The number of likely N-dealkylation sites (N-methyl/N-ethyl adjacent to an activating group) is 1. The zero-order chi connectivity index (χ0) is 72.4. The Morgan fingerprint density at radius 2 is 1.26 bits per heavy atom. The van der Waals surface area contributed by atoms with E-state index in [2.05, 4.69) is 31.9 Å². The third-order valence-corrected chi connectivity index (χ3v) is 16.7. The molecule has 1 fully saturated rings. The Labute approximate surface area is 562 Å². The molecule has 0 saturated carbocycles. The van der Waals surface area contributed by atoms with Gasteiger partial charge >= 0.3 is 0 Å². The van der Waals surface area contributed by atoms with Crippen LogP contribution in [0.4, 0.5) is 0 Å². The monoisotopic (exact) mass is 1350 g/mol. The number of carbonyl (C=O) groups excluding carboxylic acids is 8. The topological polar surface area (TPSA) is 437 Å². The van der Waals surface area contributed by atoms with Gasteiger partial charge in [-0.3, -0.25) is 43.3 Å². The molecule has 10 unspecified atom stereocenters. The number of ether oxygens (including phenoxy) is 4. The maximum absolute atomic E-state index is 15.7. The van der Waals surface area contributed by atoms with Gasteiger partial charge in [0.05, 0.1) is 32.3 Å². The van der Waals surface area contributed by atoms with E-state index in [9.17, 15) is 44.4 Å². The molecule has 11 rings (SSSR count). The summed E-state index contributed by atoms with van der Waals surface area (Å²) < 4.78 is 24.3. The Balaban J connectivity index is 0.00000110. The fourth-order valence-electron chi connectivity index (χ4n) is 11.5. The van der Waals surface area contributed by atoms with Crippen LogP contribution in [0.3, 0.4) is 0 Å². The van der Waals surface area contributed by atoms with E-state index in [0.29, 0.717) is 23.1 Å². The van der Waals surface area contributed by atoms with Crippen molar-refractivity contribution in [2.45, 2.75) is 141 Å². The van der Waals surface area contributed by atoms with Crippen LogP contribution in [0.1, 0.15) is 134 Å². The Hall–Kier alpha value is -9.42. The van der Waals surface area contributed by atoms with Gasteiger partial charge in [-0.05, 0) is 161 Å². The molecule has 11 bridgehead atoms. The van der Waals surface area contributed by atoms with E-state index in [1.54, 1.807) is 58.0 Å². The number of nitrogens with one attached hydrogen (secondary N) is 6. The first-order valence-electron chi connectivity index (χ1n) is 31.3. The first kappa shape index (κ1) is 78.3. The number of amides is 7. The highest BCUT2D eigenvalue weighted by molar-refractivity contribution is 6.01. The number of methoxy groups -OCH3 is 1. The van der Waals surface area contributed by atoms with E-state index in [-0.39, 0.29) is 86.3 Å². The second-order valence-corrected chi connectivity index (χ2v) is 24.1. The number of carbonyl (C=O) groups is 8. The van der Waals surface area contributed by atoms with Crippen molar-refractivity contribution in [2.24, 2.45) is 11.7 Å². The zero-order valence-electron chi connectivity index (χ0n) is 56.7. The van der Waals surface area contributed by atoms with Gasteiger partial charge in [0, 0.05) is 50.5 Å². The highest BCUT2D eigenvalue weighted by atomic mass is 16.5. The number of nitrogens with zero attached hydrogens (tertiary/aromatic N) is 1. The van der Waals surface area contributed by atoms with E-state index in [1.165, 1.54) is 82.0 Å². The van der Waals surface area contributed by atoms with Gasteiger partial charge in [-0.25, -0.2) is 0 Å². The summed E-state index contributed by atoms with van der Waals surface area (Å²) >= 11 is 0. The van der Waals surface area contributed by atoms with Gasteiger partial charge in [0.25, 0.3) is 0 Å². The van der Waals surface area contributed by atoms with Gasteiger partial charge in [-0.15, -0.1) is 0 Å². The van der Waals surface area contributed by atoms with Gasteiger partial charge in [0.2, 0.25) is 47.1 Å². The van der Waals surface area contributed by atoms with Crippen LogP contribution in [0.2, 0.25) is 0 Å². The Bertz CT molecular complexity index is 3650. The number of ketones is 1. The van der Waals surface area contributed by atoms with Crippen LogP contribution < -0.4 is 51.8 Å². The van der Waals surface area contributed by atoms with E-state index >= 15 is 14.4 Å². The number of hydrogen-bond donors (Lipinski definition) is 15. The van der Waals surface area contributed by atoms with Crippen molar-refractivity contribution in [3.8, 4) is 57.1 Å². The first-order valence-corrected chi connectivity index (χ1v) is 31.3. The Kier molecular flexibility index (Phi) is 28.7. The zero-order valence-corrected chi connectivity index (χ0v) is 56.7. The van der Waals surface area contributed by atoms with Crippen molar-refractivity contribution >= 4 is 47.1 Å². The lowest BCUT2D eigenvalue weighted by Crippen LogP contribution is -2.59. The highest BCUT2D eigenvalue weighted by Gasteiger charge is 2.41. The predicted molar refractivity (Wildman–Crippen MR) is 355 cm³/mol. The number of hydrogen-bond acceptors (Lipinski definition) is 21. The smallest absolute Gasteiger partial charge is 0.248 e. The number of fused-ring (bicyclic) bond motifs is 15. The molecule has 0 radical (unpaired) electrons. The van der Waals surface area contributed by atoms with Crippen LogP contribution in [0, 0.1) is 26.7 Å². The molecule has 10 atom stereocenters. The summed E-state index contributed by atoms with van der Waals surface area (Å²) in [6, 6.07) is 5.55. The average molecular weight is 1350 g/mol. The predicted octanol–water partition coefficient (Wildman–Crippen LogP) is 3.61. The number of aliphatic hydroxyl groups is 5. The molecule has 0 aliphatic carbocycles. The minimum atomic E-state index is -1.97. The molecule has 0 aromatic heterocycles. The molecule has 1 saturated heterocycles. The molecular weight excluding hydrogens is 1260 g/mol. The maximum atomic E-state index is 15.7. The minimum absolute atomic E-state index is 0.0183. The van der Waals surface area contributed by atoms with E-state index in [0.717, 1.165) is 40.8 Å². The third-order valence-electron chi connectivity index (χ3n) is 16.7. The van der Waals surface area contributed by atoms with Gasteiger partial charge in [-0.1, -0.05) is 45.0 Å². The average Bonchev–Trinajstić information content (AvgIpc) is 0.770. The van der Waals surface area contributed by atoms with Crippen molar-refractivity contribution in [1.82, 2.24) is 36.8 Å². The van der Waals surface area contributed by atoms with Gasteiger partial charge in [0.1, 0.15) is 71.1 Å². The second kappa shape index (κ2) is 35.5. The largest absolute Gasteiger partial charge is 0.508 e. The number of nitrogens with two attached hydrogens (primary N) is 1. The summed E-state index contributed by atoms with van der Waals surface area (Å²) in [5.41, 5.74) is 6.46. The first-order chi connectivity index (χ1) is 46.1. The molecule has 6 aliphatic heterocycles. The molecule has 28 heteroatoms. The Morgan fingerprint density at radius 3 is 1.78 bits per heavy atom. The molecule has 28 nitrogen and oxygen atoms in total. The van der Waals surface area contributed by atoms with Gasteiger partial charge in [-0.2, -0.15) is 0 Å². The molecular formula is C69H92N8O20. The summed E-state index contributed by atoms with van der Waals surface area (Å²) in [6.07, 6.45) is 1.24. The number of Topliss-reactive ketones (excluding diaryl/α,β-unsaturated/α-hetero) is 1. The Morgan fingerprint density at radius 1 is 0.691 bits per heavy atom. The summed E-state index contributed by atoms with van der Waals surface area (Å²) in [7, 11) is 7.69. The number of benzene rings is 5. The molecule has 7 amide bonds. The van der Waals surface area contributed by atoms with Crippen molar-refractivity contribution in [3.05, 3.63) is 117 Å². The molecule has 6 aliphatic rings. The van der Waals surface area contributed by atoms with Crippen LogP contribution >= 0.6 is 0 Å². The molecule has 0 spiro atoms. The van der Waals surface area contributed by atoms with Crippen LogP contribution in [0.15, 0.2) is 72.8 Å². The lowest BCUT2D eigenvalue weighted by Gasteiger charge is -2.32. The van der Waals surface area contributed by atoms with Gasteiger partial charge < -0.3 is 97.4 Å². The molecule has 97 heavy (non-hydrogen) atoms. The number of primary amides is 1. The van der Waals surface area contributed by atoms with Crippen molar-refractivity contribution in [3.63, 3.8) is 0 Å². The fourth-order valence-corrected chi connectivity index (χ4v) is 11.5. The maximum Gasteiger partial charge on any atom is 0.248 e. The molecule has 528 valence electrons. The van der Waals surface area contributed by atoms with Crippen LogP contribution in [-0.2, 0) is 43.1 Å². The molecule has 6 heterocycles. The van der Waals surface area contributed by atoms with Crippen molar-refractivity contribution < 1.29 is 98.2 Å². The fraction of sp³-hybridized carbons (Fsp3) is 0.449. The van der Waals surface area contributed by atoms with E-state index in [4.69, 9.17) is 45.1 Å². The van der Waals surface area contributed by atoms with E-state index in [1.807, 2.05) is 13.8 Å². The lowest BCUT2D eigenvalue weighted by molar-refractivity contribution is -0.138. The second-order valence-electron chi connectivity index (χ2n) is 24.1. The summed E-state index contributed by atoms with van der Waals surface area (Å²) in [5.74, 6) is -10.1. The van der Waals surface area contributed by atoms with Gasteiger partial charge in [0.15, 0.2) is 17.3 Å². The minimum Gasteiger partial charge on any atom is -0.508 e. The number of phenolic OH excluding ortho intramolecular Hbond substituents is 3. The van der Waals surface area contributed by atoms with Crippen LogP contribution in [0.5, 0.6) is 46.0 Å². The van der Waals surface area contributed by atoms with Crippen molar-refractivity contribution in [1.29, 1.82) is 0 Å². The number of aryl methyl sites for hydroxylation is 2. The normalized spacial score (nSPS) is 21.6.